The molecule has 0 aliphatic carbocycles. The number of halogens is 3. The average molecular weight is 337 g/mol. The van der Waals surface area contributed by atoms with Crippen molar-refractivity contribution in [1.29, 1.82) is 0 Å². The zero-order valence-corrected chi connectivity index (χ0v) is 12.9. The van der Waals surface area contributed by atoms with Gasteiger partial charge in [-0.05, 0) is 12.1 Å². The summed E-state index contributed by atoms with van der Waals surface area (Å²) in [5, 5.41) is 3.66. The fourth-order valence-electron chi connectivity index (χ4n) is 2.41. The SMILES string of the molecule is CN(Cc1cn2ccccc2n1)C(=O)c1cc(C(F)(F)F)n(C)n1. The van der Waals surface area contributed by atoms with Gasteiger partial charge in [-0.25, -0.2) is 4.98 Å². The summed E-state index contributed by atoms with van der Waals surface area (Å²) in [6.45, 7) is 0.165. The lowest BCUT2D eigenvalue weighted by atomic mass is 10.3. The zero-order valence-electron chi connectivity index (χ0n) is 12.9. The fourth-order valence-corrected chi connectivity index (χ4v) is 2.41. The van der Waals surface area contributed by atoms with Crippen LogP contribution in [0.5, 0.6) is 0 Å². The molecule has 3 heterocycles. The molecule has 0 spiro atoms. The largest absolute Gasteiger partial charge is 0.433 e. The topological polar surface area (TPSA) is 55.4 Å². The van der Waals surface area contributed by atoms with Gasteiger partial charge in [-0.3, -0.25) is 9.48 Å². The van der Waals surface area contributed by atoms with Crippen LogP contribution in [0.15, 0.2) is 36.7 Å². The number of imidazole rings is 1. The number of pyridine rings is 1. The van der Waals surface area contributed by atoms with Gasteiger partial charge in [-0.15, -0.1) is 0 Å². The van der Waals surface area contributed by atoms with Crippen LogP contribution in [0.1, 0.15) is 21.9 Å². The second kappa shape index (κ2) is 5.66. The van der Waals surface area contributed by atoms with Crippen molar-refractivity contribution in [2.24, 2.45) is 7.05 Å². The highest BCUT2D eigenvalue weighted by Gasteiger charge is 2.36. The van der Waals surface area contributed by atoms with E-state index in [0.29, 0.717) is 10.4 Å². The van der Waals surface area contributed by atoms with Crippen molar-refractivity contribution in [2.75, 3.05) is 7.05 Å². The van der Waals surface area contributed by atoms with E-state index < -0.39 is 17.8 Å². The molecule has 6 nitrogen and oxygen atoms in total. The molecule has 0 saturated carbocycles. The van der Waals surface area contributed by atoms with Gasteiger partial charge in [0.25, 0.3) is 5.91 Å². The van der Waals surface area contributed by atoms with E-state index in [0.717, 1.165) is 18.8 Å². The van der Waals surface area contributed by atoms with E-state index in [-0.39, 0.29) is 12.2 Å². The minimum Gasteiger partial charge on any atom is -0.334 e. The Hall–Kier alpha value is -2.84. The molecule has 24 heavy (non-hydrogen) atoms. The summed E-state index contributed by atoms with van der Waals surface area (Å²) >= 11 is 0. The van der Waals surface area contributed by atoms with Crippen LogP contribution in [0.25, 0.3) is 5.65 Å². The highest BCUT2D eigenvalue weighted by Crippen LogP contribution is 2.29. The van der Waals surface area contributed by atoms with Gasteiger partial charge >= 0.3 is 6.18 Å². The third kappa shape index (κ3) is 2.97. The Kier molecular flexibility index (Phi) is 3.78. The van der Waals surface area contributed by atoms with Crippen LogP contribution in [0.4, 0.5) is 13.2 Å². The first-order chi connectivity index (χ1) is 11.3. The summed E-state index contributed by atoms with van der Waals surface area (Å²) in [5.41, 5.74) is 0.137. The molecule has 0 aromatic carbocycles. The summed E-state index contributed by atoms with van der Waals surface area (Å²) in [4.78, 5) is 17.9. The first kappa shape index (κ1) is 16.0. The summed E-state index contributed by atoms with van der Waals surface area (Å²) in [7, 11) is 2.65. The zero-order chi connectivity index (χ0) is 17.5. The van der Waals surface area contributed by atoms with Crippen LogP contribution in [0.3, 0.4) is 0 Å². The van der Waals surface area contributed by atoms with Gasteiger partial charge in [-0.2, -0.15) is 18.3 Å². The van der Waals surface area contributed by atoms with Crippen LogP contribution < -0.4 is 0 Å². The number of amides is 1. The van der Waals surface area contributed by atoms with Crippen molar-refractivity contribution in [3.8, 4) is 0 Å². The van der Waals surface area contributed by atoms with E-state index in [1.54, 1.807) is 10.6 Å². The Balaban J connectivity index is 1.79. The van der Waals surface area contributed by atoms with Crippen molar-refractivity contribution in [2.45, 2.75) is 12.7 Å². The number of fused-ring (bicyclic) bond motifs is 1. The molecule has 3 rings (SSSR count). The number of carbonyl (C=O) groups excluding carboxylic acids is 1. The Bertz CT molecular complexity index is 863. The van der Waals surface area contributed by atoms with Crippen molar-refractivity contribution in [1.82, 2.24) is 24.1 Å². The van der Waals surface area contributed by atoms with Gasteiger partial charge in [0.05, 0.1) is 12.2 Å². The average Bonchev–Trinajstić information content (AvgIpc) is 3.08. The van der Waals surface area contributed by atoms with E-state index >= 15 is 0 Å². The number of alkyl halides is 3. The van der Waals surface area contributed by atoms with Crippen LogP contribution in [0.2, 0.25) is 0 Å². The Morgan fingerprint density at radius 2 is 2.08 bits per heavy atom. The van der Waals surface area contributed by atoms with Gasteiger partial charge in [0.1, 0.15) is 11.3 Å². The molecule has 0 aliphatic heterocycles. The number of carbonyl (C=O) groups is 1. The number of hydrogen-bond donors (Lipinski definition) is 0. The van der Waals surface area contributed by atoms with Gasteiger partial charge < -0.3 is 9.30 Å². The molecule has 0 saturated heterocycles. The normalized spacial score (nSPS) is 11.9. The maximum atomic E-state index is 12.8. The van der Waals surface area contributed by atoms with Crippen LogP contribution in [-0.2, 0) is 19.8 Å². The van der Waals surface area contributed by atoms with E-state index in [4.69, 9.17) is 0 Å². The monoisotopic (exact) mass is 337 g/mol. The first-order valence-corrected chi connectivity index (χ1v) is 7.05. The standard InChI is InChI=1S/C15H14F3N5O/c1-21(8-10-9-23-6-4-3-5-13(23)19-10)14(24)11-7-12(15(16,17)18)22(2)20-11/h3-7,9H,8H2,1-2H3. The predicted molar refractivity (Wildman–Crippen MR) is 79.2 cm³/mol. The molecule has 0 unspecified atom stereocenters. The molecule has 1 amide bonds. The lowest BCUT2D eigenvalue weighted by molar-refractivity contribution is -0.143. The minimum absolute atomic E-state index is 0.165. The smallest absolute Gasteiger partial charge is 0.334 e. The molecule has 0 radical (unpaired) electrons. The molecule has 126 valence electrons. The summed E-state index contributed by atoms with van der Waals surface area (Å²) in [6.07, 6.45) is -0.971. The van der Waals surface area contributed by atoms with Crippen molar-refractivity contribution in [3.05, 3.63) is 53.7 Å². The molecule has 0 aliphatic rings. The maximum absolute atomic E-state index is 12.8. The summed E-state index contributed by atoms with van der Waals surface area (Å²) in [5.74, 6) is -0.599. The second-order valence-corrected chi connectivity index (χ2v) is 5.40. The van der Waals surface area contributed by atoms with Gasteiger partial charge in [0, 0.05) is 32.6 Å². The number of hydrogen-bond acceptors (Lipinski definition) is 3. The van der Waals surface area contributed by atoms with Crippen molar-refractivity contribution in [3.63, 3.8) is 0 Å². The number of aromatic nitrogens is 4. The first-order valence-electron chi connectivity index (χ1n) is 7.05. The van der Waals surface area contributed by atoms with E-state index in [2.05, 4.69) is 10.1 Å². The van der Waals surface area contributed by atoms with E-state index in [9.17, 15) is 18.0 Å². The Morgan fingerprint density at radius 3 is 2.71 bits per heavy atom. The summed E-state index contributed by atoms with van der Waals surface area (Å²) in [6, 6.07) is 6.26. The van der Waals surface area contributed by atoms with Gasteiger partial charge in [0.15, 0.2) is 5.69 Å². The van der Waals surface area contributed by atoms with Crippen LogP contribution in [0, 0.1) is 0 Å². The highest BCUT2D eigenvalue weighted by molar-refractivity contribution is 5.92. The van der Waals surface area contributed by atoms with Gasteiger partial charge in [0.2, 0.25) is 0 Å². The second-order valence-electron chi connectivity index (χ2n) is 5.40. The molecule has 0 bridgehead atoms. The van der Waals surface area contributed by atoms with Crippen LogP contribution in [-0.4, -0.2) is 37.0 Å². The highest BCUT2D eigenvalue weighted by atomic mass is 19.4. The predicted octanol–water partition coefficient (Wildman–Crippen LogP) is 2.36. The molecule has 0 atom stereocenters. The van der Waals surface area contributed by atoms with Crippen LogP contribution >= 0.6 is 0 Å². The van der Waals surface area contributed by atoms with E-state index in [1.165, 1.54) is 11.9 Å². The van der Waals surface area contributed by atoms with Crippen molar-refractivity contribution >= 4 is 11.6 Å². The number of aryl methyl sites for hydroxylation is 1. The number of nitrogens with zero attached hydrogens (tertiary/aromatic N) is 5. The molecular formula is C15H14F3N5O. The quantitative estimate of drug-likeness (QED) is 0.737. The third-order valence-electron chi connectivity index (χ3n) is 3.55. The van der Waals surface area contributed by atoms with E-state index in [1.807, 2.05) is 24.4 Å². The lowest BCUT2D eigenvalue weighted by Crippen LogP contribution is -2.26. The lowest BCUT2D eigenvalue weighted by Gasteiger charge is -2.13. The molecular weight excluding hydrogens is 323 g/mol. The Morgan fingerprint density at radius 1 is 1.33 bits per heavy atom. The molecule has 3 aromatic heterocycles. The van der Waals surface area contributed by atoms with Gasteiger partial charge in [-0.1, -0.05) is 6.07 Å². The maximum Gasteiger partial charge on any atom is 0.433 e. The fraction of sp³-hybridized carbons (Fsp3) is 0.267. The Labute approximate surface area is 135 Å². The summed E-state index contributed by atoms with van der Waals surface area (Å²) < 4.78 is 40.8. The molecule has 3 aromatic rings. The number of rotatable bonds is 3. The molecule has 0 fully saturated rings. The van der Waals surface area contributed by atoms with Crippen molar-refractivity contribution < 1.29 is 18.0 Å². The molecule has 0 N–H and O–H groups in total. The minimum atomic E-state index is -4.56. The molecule has 9 heteroatoms. The third-order valence-corrected chi connectivity index (χ3v) is 3.55.